The first-order valence-corrected chi connectivity index (χ1v) is 10.5. The Balaban J connectivity index is 1.74. The molecule has 1 aliphatic rings. The molecular formula is C22H28N2O3S. The van der Waals surface area contributed by atoms with E-state index in [-0.39, 0.29) is 16.9 Å². The molecule has 0 unspecified atom stereocenters. The van der Waals surface area contributed by atoms with Crippen molar-refractivity contribution < 1.29 is 14.3 Å². The number of ether oxygens (including phenoxy) is 2. The average molecular weight is 401 g/mol. The first-order valence-electron chi connectivity index (χ1n) is 9.42. The Kier molecular flexibility index (Phi) is 6.39. The second-order valence-electron chi connectivity index (χ2n) is 7.78. The quantitative estimate of drug-likeness (QED) is 0.781. The van der Waals surface area contributed by atoms with Crippen molar-refractivity contribution in [2.75, 3.05) is 19.4 Å². The third-order valence-corrected chi connectivity index (χ3v) is 5.60. The number of hydrogen-bond acceptors (Lipinski definition) is 4. The molecule has 150 valence electrons. The van der Waals surface area contributed by atoms with Crippen LogP contribution in [0.25, 0.3) is 0 Å². The van der Waals surface area contributed by atoms with E-state index < -0.39 is 0 Å². The highest BCUT2D eigenvalue weighted by molar-refractivity contribution is 7.99. The monoisotopic (exact) mass is 400 g/mol. The van der Waals surface area contributed by atoms with Crippen molar-refractivity contribution in [2.24, 2.45) is 0 Å². The van der Waals surface area contributed by atoms with Crippen molar-refractivity contribution >= 4 is 17.8 Å². The molecule has 0 spiro atoms. The number of urea groups is 1. The van der Waals surface area contributed by atoms with Crippen LogP contribution in [0.2, 0.25) is 0 Å². The van der Waals surface area contributed by atoms with Gasteiger partial charge in [-0.05, 0) is 44.0 Å². The van der Waals surface area contributed by atoms with Crippen LogP contribution >= 0.6 is 11.8 Å². The van der Waals surface area contributed by atoms with Crippen molar-refractivity contribution in [2.45, 2.75) is 38.3 Å². The molecule has 0 radical (unpaired) electrons. The lowest BCUT2D eigenvalue weighted by Crippen LogP contribution is -2.48. The second-order valence-corrected chi connectivity index (χ2v) is 8.97. The molecule has 2 amide bonds. The summed E-state index contributed by atoms with van der Waals surface area (Å²) in [6.07, 6.45) is 0. The first kappa shape index (κ1) is 20.4. The fourth-order valence-corrected chi connectivity index (χ4v) is 4.28. The number of benzene rings is 2. The summed E-state index contributed by atoms with van der Waals surface area (Å²) in [5.74, 6) is 2.29. The Hall–Kier alpha value is -2.34. The smallest absolute Gasteiger partial charge is 0.319 e. The highest BCUT2D eigenvalue weighted by atomic mass is 32.2. The van der Waals surface area contributed by atoms with Crippen LogP contribution in [0, 0.1) is 0 Å². The Bertz CT molecular complexity index is 805. The lowest BCUT2D eigenvalue weighted by molar-refractivity contribution is 0.191. The number of nitrogens with zero attached hydrogens (tertiary/aromatic N) is 1. The average Bonchev–Trinajstić information content (AvgIpc) is 3.16. The van der Waals surface area contributed by atoms with E-state index in [4.69, 9.17) is 9.47 Å². The van der Waals surface area contributed by atoms with Crippen molar-refractivity contribution in [3.63, 3.8) is 0 Å². The molecule has 1 heterocycles. The predicted octanol–water partition coefficient (Wildman–Crippen LogP) is 4.83. The number of hydrogen-bond donors (Lipinski definition) is 1. The summed E-state index contributed by atoms with van der Waals surface area (Å²) in [7, 11) is 1.64. The standard InChI is InChI=1S/C22H28N2O3S/c1-22(2,3)23-21(25)24-12-13-28-20(24)17-10-11-18(19(14-17)26-4)27-15-16-8-6-5-7-9-16/h5-11,14,20H,12-13,15H2,1-4H3,(H,23,25)/t20-/m1/s1. The van der Waals surface area contributed by atoms with Gasteiger partial charge < -0.3 is 19.7 Å². The molecule has 6 heteroatoms. The molecule has 3 rings (SSSR count). The summed E-state index contributed by atoms with van der Waals surface area (Å²) in [4.78, 5) is 14.6. The Morgan fingerprint density at radius 1 is 1.18 bits per heavy atom. The number of amides is 2. The number of methoxy groups -OCH3 is 1. The van der Waals surface area contributed by atoms with E-state index >= 15 is 0 Å². The lowest BCUT2D eigenvalue weighted by atomic mass is 10.1. The molecule has 2 aromatic rings. The topological polar surface area (TPSA) is 50.8 Å². The molecule has 2 aromatic carbocycles. The number of rotatable bonds is 5. The molecule has 0 aromatic heterocycles. The number of thioether (sulfide) groups is 1. The van der Waals surface area contributed by atoms with E-state index in [0.717, 1.165) is 23.4 Å². The van der Waals surface area contributed by atoms with Crippen LogP contribution in [0.4, 0.5) is 4.79 Å². The summed E-state index contributed by atoms with van der Waals surface area (Å²) < 4.78 is 11.5. The first-order chi connectivity index (χ1) is 13.4. The highest BCUT2D eigenvalue weighted by Gasteiger charge is 2.32. The minimum Gasteiger partial charge on any atom is -0.493 e. The number of carbonyl (C=O) groups is 1. The van der Waals surface area contributed by atoms with E-state index in [1.54, 1.807) is 18.9 Å². The maximum absolute atomic E-state index is 12.7. The van der Waals surface area contributed by atoms with Gasteiger partial charge in [0, 0.05) is 17.8 Å². The zero-order chi connectivity index (χ0) is 20.1. The Labute approximate surface area is 171 Å². The summed E-state index contributed by atoms with van der Waals surface area (Å²) in [6.45, 7) is 7.18. The number of nitrogens with one attached hydrogen (secondary N) is 1. The van der Waals surface area contributed by atoms with Crippen LogP contribution in [0.3, 0.4) is 0 Å². The maximum atomic E-state index is 12.7. The highest BCUT2D eigenvalue weighted by Crippen LogP contribution is 2.41. The second kappa shape index (κ2) is 8.78. The van der Waals surface area contributed by atoms with Crippen LogP contribution < -0.4 is 14.8 Å². The fraction of sp³-hybridized carbons (Fsp3) is 0.409. The summed E-state index contributed by atoms with van der Waals surface area (Å²) >= 11 is 1.76. The Morgan fingerprint density at radius 3 is 2.61 bits per heavy atom. The minimum atomic E-state index is -0.262. The van der Waals surface area contributed by atoms with E-state index in [0.29, 0.717) is 18.1 Å². The predicted molar refractivity (Wildman–Crippen MR) is 114 cm³/mol. The zero-order valence-corrected chi connectivity index (χ0v) is 17.7. The van der Waals surface area contributed by atoms with Gasteiger partial charge in [-0.15, -0.1) is 11.8 Å². The molecule has 1 saturated heterocycles. The Morgan fingerprint density at radius 2 is 1.93 bits per heavy atom. The molecule has 1 atom stereocenters. The molecule has 0 bridgehead atoms. The van der Waals surface area contributed by atoms with Gasteiger partial charge in [0.25, 0.3) is 0 Å². The van der Waals surface area contributed by atoms with E-state index in [1.807, 2.05) is 74.2 Å². The van der Waals surface area contributed by atoms with Gasteiger partial charge in [0.1, 0.15) is 12.0 Å². The van der Waals surface area contributed by atoms with Crippen molar-refractivity contribution in [3.8, 4) is 11.5 Å². The molecule has 1 aliphatic heterocycles. The zero-order valence-electron chi connectivity index (χ0n) is 16.9. The van der Waals surface area contributed by atoms with Crippen LogP contribution in [-0.4, -0.2) is 35.9 Å². The van der Waals surface area contributed by atoms with Gasteiger partial charge in [-0.1, -0.05) is 36.4 Å². The third-order valence-electron chi connectivity index (χ3n) is 4.34. The fourth-order valence-electron chi connectivity index (χ4n) is 3.04. The van der Waals surface area contributed by atoms with Gasteiger partial charge in [0.05, 0.1) is 7.11 Å². The van der Waals surface area contributed by atoms with Gasteiger partial charge in [-0.25, -0.2) is 4.79 Å². The van der Waals surface area contributed by atoms with Crippen molar-refractivity contribution in [1.82, 2.24) is 10.2 Å². The van der Waals surface area contributed by atoms with Gasteiger partial charge >= 0.3 is 6.03 Å². The van der Waals surface area contributed by atoms with Gasteiger partial charge in [0.2, 0.25) is 0 Å². The maximum Gasteiger partial charge on any atom is 0.319 e. The summed E-state index contributed by atoms with van der Waals surface area (Å²) in [6, 6.07) is 15.9. The third kappa shape index (κ3) is 5.13. The van der Waals surface area contributed by atoms with E-state index in [1.165, 1.54) is 0 Å². The van der Waals surface area contributed by atoms with Crippen molar-refractivity contribution in [1.29, 1.82) is 0 Å². The molecule has 28 heavy (non-hydrogen) atoms. The van der Waals surface area contributed by atoms with Crippen LogP contribution in [0.5, 0.6) is 11.5 Å². The lowest BCUT2D eigenvalue weighted by Gasteiger charge is -2.29. The molecule has 1 N–H and O–H groups in total. The van der Waals surface area contributed by atoms with E-state index in [9.17, 15) is 4.79 Å². The molecule has 1 fully saturated rings. The van der Waals surface area contributed by atoms with Crippen LogP contribution in [0.1, 0.15) is 37.3 Å². The summed E-state index contributed by atoms with van der Waals surface area (Å²) in [5, 5.41) is 3.03. The minimum absolute atomic E-state index is 0.0283. The summed E-state index contributed by atoms with van der Waals surface area (Å²) in [5.41, 5.74) is 1.88. The molecule has 5 nitrogen and oxygen atoms in total. The SMILES string of the molecule is COc1cc([C@H]2SCCN2C(=O)NC(C)(C)C)ccc1OCc1ccccc1. The number of carbonyl (C=O) groups excluding carboxylic acids is 1. The van der Waals surface area contributed by atoms with Crippen molar-refractivity contribution in [3.05, 3.63) is 59.7 Å². The molecule has 0 aliphatic carbocycles. The molecular weight excluding hydrogens is 372 g/mol. The van der Waals surface area contributed by atoms with E-state index in [2.05, 4.69) is 5.32 Å². The van der Waals surface area contributed by atoms with Gasteiger partial charge in [-0.3, -0.25) is 0 Å². The van der Waals surface area contributed by atoms with Crippen LogP contribution in [-0.2, 0) is 6.61 Å². The van der Waals surface area contributed by atoms with Gasteiger partial charge in [-0.2, -0.15) is 0 Å². The van der Waals surface area contributed by atoms with Crippen LogP contribution in [0.15, 0.2) is 48.5 Å². The normalized spacial score (nSPS) is 16.7. The van der Waals surface area contributed by atoms with Gasteiger partial charge in [0.15, 0.2) is 11.5 Å². The largest absolute Gasteiger partial charge is 0.493 e. The molecule has 0 saturated carbocycles.